The maximum atomic E-state index is 12.1. The number of fused-ring (bicyclic) bond motifs is 1. The smallest absolute Gasteiger partial charge is 0.405 e. The number of aromatic nitrogens is 1. The maximum absolute atomic E-state index is 12.1. The first kappa shape index (κ1) is 16.8. The number of oxazole rings is 1. The molecule has 0 radical (unpaired) electrons. The molecule has 1 aromatic carbocycles. The molecular weight excluding hydrogens is 323 g/mol. The van der Waals surface area contributed by atoms with E-state index < -0.39 is 18.6 Å². The molecule has 0 aliphatic carbocycles. The monoisotopic (exact) mass is 341 g/mol. The van der Waals surface area contributed by atoms with Crippen LogP contribution in [0.2, 0.25) is 0 Å². The van der Waals surface area contributed by atoms with Gasteiger partial charge < -0.3 is 9.73 Å². The van der Waals surface area contributed by atoms with Gasteiger partial charge in [-0.25, -0.2) is 4.98 Å². The van der Waals surface area contributed by atoms with Crippen LogP contribution in [0.25, 0.3) is 11.1 Å². The van der Waals surface area contributed by atoms with Gasteiger partial charge >= 0.3 is 6.18 Å². The number of hydrogen-bond acceptors (Lipinski definition) is 4. The lowest BCUT2D eigenvalue weighted by molar-refractivity contribution is -0.139. The molecule has 1 amide bonds. The summed E-state index contributed by atoms with van der Waals surface area (Å²) in [6, 6.07) is 7.47. The predicted molar refractivity (Wildman–Crippen MR) is 81.5 cm³/mol. The van der Waals surface area contributed by atoms with Crippen LogP contribution in [0.3, 0.4) is 0 Å². The lowest BCUT2D eigenvalue weighted by atomic mass is 9.98. The number of rotatable bonds is 4. The highest BCUT2D eigenvalue weighted by Gasteiger charge is 2.29. The van der Waals surface area contributed by atoms with Gasteiger partial charge in [0, 0.05) is 12.5 Å². The van der Waals surface area contributed by atoms with E-state index in [1.165, 1.54) is 0 Å². The summed E-state index contributed by atoms with van der Waals surface area (Å²) >= 11 is 0. The van der Waals surface area contributed by atoms with Gasteiger partial charge in [-0.2, -0.15) is 13.2 Å². The molecule has 24 heavy (non-hydrogen) atoms. The molecule has 2 aromatic rings. The Morgan fingerprint density at radius 1 is 1.38 bits per heavy atom. The SMILES string of the molecule is O=C(CN1CCCC(c2nc3ccccc3o2)C1)NCC(F)(F)F. The summed E-state index contributed by atoms with van der Waals surface area (Å²) in [4.78, 5) is 18.0. The molecule has 1 atom stereocenters. The number of alkyl halides is 3. The first-order chi connectivity index (χ1) is 11.4. The van der Waals surface area contributed by atoms with Crippen LogP contribution in [0.5, 0.6) is 0 Å². The third-order valence-electron chi connectivity index (χ3n) is 4.02. The Kier molecular flexibility index (Phi) is 4.75. The van der Waals surface area contributed by atoms with E-state index in [9.17, 15) is 18.0 Å². The van der Waals surface area contributed by atoms with Crippen LogP contribution in [0.1, 0.15) is 24.7 Å². The minimum atomic E-state index is -4.39. The Morgan fingerprint density at radius 3 is 2.92 bits per heavy atom. The molecule has 0 bridgehead atoms. The van der Waals surface area contributed by atoms with E-state index in [0.717, 1.165) is 18.4 Å². The van der Waals surface area contributed by atoms with Crippen molar-refractivity contribution in [3.05, 3.63) is 30.2 Å². The summed E-state index contributed by atoms with van der Waals surface area (Å²) < 4.78 is 42.2. The fourth-order valence-corrected chi connectivity index (χ4v) is 2.92. The van der Waals surface area contributed by atoms with Crippen LogP contribution in [-0.2, 0) is 4.79 Å². The third kappa shape index (κ3) is 4.25. The number of amides is 1. The van der Waals surface area contributed by atoms with Crippen molar-refractivity contribution < 1.29 is 22.4 Å². The first-order valence-electron chi connectivity index (χ1n) is 7.82. The molecule has 3 rings (SSSR count). The fourth-order valence-electron chi connectivity index (χ4n) is 2.92. The zero-order valence-electron chi connectivity index (χ0n) is 13.0. The Labute approximate surface area is 136 Å². The number of carbonyl (C=O) groups is 1. The van der Waals surface area contributed by atoms with Gasteiger partial charge in [-0.15, -0.1) is 0 Å². The largest absolute Gasteiger partial charge is 0.440 e. The normalized spacial score (nSPS) is 19.5. The summed E-state index contributed by atoms with van der Waals surface area (Å²) in [5.74, 6) is 0.0451. The van der Waals surface area contributed by atoms with Crippen molar-refractivity contribution in [1.29, 1.82) is 0 Å². The molecule has 130 valence electrons. The molecule has 1 fully saturated rings. The van der Waals surface area contributed by atoms with Gasteiger partial charge in [-0.1, -0.05) is 12.1 Å². The third-order valence-corrected chi connectivity index (χ3v) is 4.02. The van der Waals surface area contributed by atoms with Crippen molar-refractivity contribution in [2.45, 2.75) is 24.9 Å². The predicted octanol–water partition coefficient (Wildman–Crippen LogP) is 2.69. The summed E-state index contributed by atoms with van der Waals surface area (Å²) in [6.07, 6.45) is -2.66. The number of halogens is 3. The van der Waals surface area contributed by atoms with E-state index in [1.54, 1.807) is 0 Å². The van der Waals surface area contributed by atoms with Crippen LogP contribution in [0.15, 0.2) is 28.7 Å². The molecule has 1 N–H and O–H groups in total. The lowest BCUT2D eigenvalue weighted by Gasteiger charge is -2.30. The topological polar surface area (TPSA) is 58.4 Å². The minimum absolute atomic E-state index is 0.0431. The molecule has 1 saturated heterocycles. The van der Waals surface area contributed by atoms with Gasteiger partial charge in [-0.05, 0) is 31.5 Å². The highest BCUT2D eigenvalue weighted by molar-refractivity contribution is 5.78. The second-order valence-corrected chi connectivity index (χ2v) is 5.99. The van der Waals surface area contributed by atoms with Crippen LogP contribution in [0, 0.1) is 0 Å². The van der Waals surface area contributed by atoms with E-state index in [-0.39, 0.29) is 12.5 Å². The molecule has 1 aliphatic heterocycles. The molecule has 0 spiro atoms. The molecule has 1 aromatic heterocycles. The van der Waals surface area contributed by atoms with Crippen LogP contribution in [0.4, 0.5) is 13.2 Å². The van der Waals surface area contributed by atoms with Gasteiger partial charge in [0.15, 0.2) is 11.5 Å². The van der Waals surface area contributed by atoms with Gasteiger partial charge in [0.25, 0.3) is 0 Å². The zero-order valence-corrected chi connectivity index (χ0v) is 13.0. The molecule has 1 unspecified atom stereocenters. The second kappa shape index (κ2) is 6.80. The molecule has 8 heteroatoms. The average Bonchev–Trinajstić information content (AvgIpc) is 2.97. The van der Waals surface area contributed by atoms with E-state index >= 15 is 0 Å². The van der Waals surface area contributed by atoms with Gasteiger partial charge in [0.2, 0.25) is 5.91 Å². The van der Waals surface area contributed by atoms with Crippen LogP contribution >= 0.6 is 0 Å². The van der Waals surface area contributed by atoms with Crippen LogP contribution < -0.4 is 5.32 Å². The Bertz CT molecular complexity index is 681. The molecule has 0 saturated carbocycles. The van der Waals surface area contributed by atoms with Crippen molar-refractivity contribution in [1.82, 2.24) is 15.2 Å². The zero-order chi connectivity index (χ0) is 17.2. The van der Waals surface area contributed by atoms with Crippen molar-refractivity contribution in [2.24, 2.45) is 0 Å². The first-order valence-corrected chi connectivity index (χ1v) is 7.82. The number of carbonyl (C=O) groups excluding carboxylic acids is 1. The number of likely N-dealkylation sites (tertiary alicyclic amines) is 1. The number of nitrogens with zero attached hydrogens (tertiary/aromatic N) is 2. The van der Waals surface area contributed by atoms with E-state index in [0.29, 0.717) is 24.6 Å². The van der Waals surface area contributed by atoms with Crippen molar-refractivity contribution >= 4 is 17.0 Å². The number of piperidine rings is 1. The highest BCUT2D eigenvalue weighted by atomic mass is 19.4. The van der Waals surface area contributed by atoms with Crippen molar-refractivity contribution in [3.8, 4) is 0 Å². The Balaban J connectivity index is 1.59. The lowest BCUT2D eigenvalue weighted by Crippen LogP contribution is -2.44. The molecular formula is C16H18F3N3O2. The van der Waals surface area contributed by atoms with Gasteiger partial charge in [0.1, 0.15) is 12.1 Å². The van der Waals surface area contributed by atoms with E-state index in [4.69, 9.17) is 4.42 Å². The standard InChI is InChI=1S/C16H18F3N3O2/c17-16(18,19)10-20-14(23)9-22-7-3-4-11(8-22)15-21-12-5-1-2-6-13(12)24-15/h1-2,5-6,11H,3-4,7-10H2,(H,20,23). The van der Waals surface area contributed by atoms with Crippen molar-refractivity contribution in [3.63, 3.8) is 0 Å². The second-order valence-electron chi connectivity index (χ2n) is 5.99. The summed E-state index contributed by atoms with van der Waals surface area (Å²) in [5, 5.41) is 1.90. The number of nitrogens with one attached hydrogen (secondary N) is 1. The molecule has 5 nitrogen and oxygen atoms in total. The number of para-hydroxylation sites is 2. The minimum Gasteiger partial charge on any atom is -0.440 e. The van der Waals surface area contributed by atoms with Gasteiger partial charge in [0.05, 0.1) is 6.54 Å². The summed E-state index contributed by atoms with van der Waals surface area (Å²) in [5.41, 5.74) is 1.50. The molecule has 1 aliphatic rings. The van der Waals surface area contributed by atoms with E-state index in [1.807, 2.05) is 34.5 Å². The van der Waals surface area contributed by atoms with Crippen LogP contribution in [-0.4, -0.2) is 48.1 Å². The average molecular weight is 341 g/mol. The quantitative estimate of drug-likeness (QED) is 0.929. The number of hydrogen-bond donors (Lipinski definition) is 1. The fraction of sp³-hybridized carbons (Fsp3) is 0.500. The molecule has 2 heterocycles. The summed E-state index contributed by atoms with van der Waals surface area (Å²) in [6.45, 7) is -0.122. The maximum Gasteiger partial charge on any atom is 0.405 e. The number of benzene rings is 1. The van der Waals surface area contributed by atoms with Gasteiger partial charge in [-0.3, -0.25) is 9.69 Å². The summed E-state index contributed by atoms with van der Waals surface area (Å²) in [7, 11) is 0. The Morgan fingerprint density at radius 2 is 2.17 bits per heavy atom. The van der Waals surface area contributed by atoms with E-state index in [2.05, 4.69) is 4.98 Å². The Hall–Kier alpha value is -2.09. The highest BCUT2D eigenvalue weighted by Crippen LogP contribution is 2.28. The van der Waals surface area contributed by atoms with Crippen molar-refractivity contribution in [2.75, 3.05) is 26.2 Å².